The van der Waals surface area contributed by atoms with Crippen molar-refractivity contribution < 1.29 is 4.92 Å². The number of nitrogens with one attached hydrogen (secondary N) is 1. The SMILES string of the molecule is O=[N+]([O-])c1c(Cl)nc(C2CC2)nc1NC1CC1. The van der Waals surface area contributed by atoms with Crippen molar-refractivity contribution in [2.75, 3.05) is 5.32 Å². The Hall–Kier alpha value is -1.43. The van der Waals surface area contributed by atoms with Crippen LogP contribution in [-0.4, -0.2) is 20.9 Å². The van der Waals surface area contributed by atoms with Gasteiger partial charge in [0.05, 0.1) is 4.92 Å². The van der Waals surface area contributed by atoms with Crippen molar-refractivity contribution in [3.63, 3.8) is 0 Å². The molecular weight excluding hydrogens is 244 g/mol. The van der Waals surface area contributed by atoms with E-state index in [1.54, 1.807) is 0 Å². The summed E-state index contributed by atoms with van der Waals surface area (Å²) in [6, 6.07) is 0.298. The highest BCUT2D eigenvalue weighted by Crippen LogP contribution is 2.41. The second kappa shape index (κ2) is 3.80. The molecule has 1 aromatic heterocycles. The molecule has 17 heavy (non-hydrogen) atoms. The highest BCUT2D eigenvalue weighted by Gasteiger charge is 2.33. The van der Waals surface area contributed by atoms with Gasteiger partial charge in [-0.25, -0.2) is 9.97 Å². The van der Waals surface area contributed by atoms with Crippen LogP contribution in [0.1, 0.15) is 37.4 Å². The van der Waals surface area contributed by atoms with Crippen LogP contribution in [0, 0.1) is 10.1 Å². The molecule has 3 rings (SSSR count). The summed E-state index contributed by atoms with van der Waals surface area (Å²) >= 11 is 5.87. The second-order valence-corrected chi connectivity index (χ2v) is 4.88. The summed E-state index contributed by atoms with van der Waals surface area (Å²) in [7, 11) is 0. The Kier molecular flexibility index (Phi) is 2.39. The maximum atomic E-state index is 10.9. The zero-order chi connectivity index (χ0) is 12.0. The van der Waals surface area contributed by atoms with E-state index in [2.05, 4.69) is 15.3 Å². The van der Waals surface area contributed by atoms with Crippen molar-refractivity contribution in [1.29, 1.82) is 0 Å². The van der Waals surface area contributed by atoms with Crippen molar-refractivity contribution in [3.05, 3.63) is 21.1 Å². The quantitative estimate of drug-likeness (QED) is 0.507. The second-order valence-electron chi connectivity index (χ2n) is 4.52. The van der Waals surface area contributed by atoms with E-state index in [9.17, 15) is 10.1 Å². The average molecular weight is 255 g/mol. The van der Waals surface area contributed by atoms with Crippen LogP contribution in [-0.2, 0) is 0 Å². The lowest BCUT2D eigenvalue weighted by Crippen LogP contribution is -2.09. The topological polar surface area (TPSA) is 81.0 Å². The molecule has 7 heteroatoms. The molecule has 0 spiro atoms. The Balaban J connectivity index is 2.01. The fraction of sp³-hybridized carbons (Fsp3) is 0.600. The van der Waals surface area contributed by atoms with Crippen LogP contribution in [0.4, 0.5) is 11.5 Å². The minimum absolute atomic E-state index is 0.0601. The van der Waals surface area contributed by atoms with Crippen molar-refractivity contribution in [1.82, 2.24) is 9.97 Å². The average Bonchev–Trinajstić information content (AvgIpc) is 3.12. The van der Waals surface area contributed by atoms with Gasteiger partial charge in [0.15, 0.2) is 0 Å². The van der Waals surface area contributed by atoms with Crippen LogP contribution in [0.25, 0.3) is 0 Å². The van der Waals surface area contributed by atoms with Gasteiger partial charge in [-0.3, -0.25) is 10.1 Å². The van der Waals surface area contributed by atoms with Crippen molar-refractivity contribution in [3.8, 4) is 0 Å². The van der Waals surface area contributed by atoms with E-state index in [-0.39, 0.29) is 16.7 Å². The smallest absolute Gasteiger partial charge is 0.348 e. The first kappa shape index (κ1) is 10.7. The first-order valence-corrected chi connectivity index (χ1v) is 6.01. The van der Waals surface area contributed by atoms with Gasteiger partial charge in [0.25, 0.3) is 0 Å². The van der Waals surface area contributed by atoms with Gasteiger partial charge < -0.3 is 5.32 Å². The molecule has 0 bridgehead atoms. The summed E-state index contributed by atoms with van der Waals surface area (Å²) in [6.45, 7) is 0. The largest absolute Gasteiger partial charge is 0.361 e. The van der Waals surface area contributed by atoms with E-state index in [1.807, 2.05) is 0 Å². The Morgan fingerprint density at radius 3 is 2.53 bits per heavy atom. The van der Waals surface area contributed by atoms with Crippen LogP contribution in [0.5, 0.6) is 0 Å². The monoisotopic (exact) mass is 254 g/mol. The van der Waals surface area contributed by atoms with Crippen LogP contribution in [0.2, 0.25) is 5.15 Å². The van der Waals surface area contributed by atoms with Crippen LogP contribution in [0.3, 0.4) is 0 Å². The van der Waals surface area contributed by atoms with Gasteiger partial charge in [0.2, 0.25) is 11.0 Å². The molecule has 1 aromatic rings. The molecule has 0 saturated heterocycles. The van der Waals surface area contributed by atoms with Gasteiger partial charge in [0.1, 0.15) is 5.82 Å². The molecule has 90 valence electrons. The Morgan fingerprint density at radius 2 is 2.00 bits per heavy atom. The lowest BCUT2D eigenvalue weighted by atomic mass is 10.3. The number of nitrogens with zero attached hydrogens (tertiary/aromatic N) is 3. The van der Waals surface area contributed by atoms with Gasteiger partial charge in [-0.1, -0.05) is 11.6 Å². The highest BCUT2D eigenvalue weighted by atomic mass is 35.5. The number of aromatic nitrogens is 2. The predicted octanol–water partition coefficient (Wildman–Crippen LogP) is 2.49. The molecule has 0 aliphatic heterocycles. The van der Waals surface area contributed by atoms with Crippen molar-refractivity contribution in [2.24, 2.45) is 0 Å². The molecule has 0 amide bonds. The number of hydrogen-bond acceptors (Lipinski definition) is 5. The number of rotatable bonds is 4. The maximum absolute atomic E-state index is 10.9. The molecule has 2 saturated carbocycles. The fourth-order valence-corrected chi connectivity index (χ4v) is 1.90. The molecule has 2 aliphatic carbocycles. The summed E-state index contributed by atoms with van der Waals surface area (Å²) in [5.74, 6) is 1.23. The van der Waals surface area contributed by atoms with E-state index < -0.39 is 4.92 Å². The third-order valence-corrected chi connectivity index (χ3v) is 3.17. The van der Waals surface area contributed by atoms with Crippen LogP contribution < -0.4 is 5.32 Å². The molecule has 2 fully saturated rings. The molecular formula is C10H11ClN4O2. The molecule has 2 aliphatic rings. The predicted molar refractivity (Wildman–Crippen MR) is 62.3 cm³/mol. The number of nitro groups is 1. The normalized spacial score (nSPS) is 19.1. The first-order chi connectivity index (χ1) is 8.15. The van der Waals surface area contributed by atoms with Crippen LogP contribution in [0.15, 0.2) is 0 Å². The third kappa shape index (κ3) is 2.17. The summed E-state index contributed by atoms with van der Waals surface area (Å²) in [6.07, 6.45) is 4.13. The molecule has 1 heterocycles. The standard InChI is InChI=1S/C10H11ClN4O2/c11-8-7(15(16)17)10(12-6-3-4-6)14-9(13-8)5-1-2-5/h5-6H,1-4H2,(H,12,13,14). The minimum Gasteiger partial charge on any atom is -0.361 e. The zero-order valence-corrected chi connectivity index (χ0v) is 9.78. The Morgan fingerprint density at radius 1 is 1.29 bits per heavy atom. The molecule has 0 radical (unpaired) electrons. The number of anilines is 1. The first-order valence-electron chi connectivity index (χ1n) is 5.63. The van der Waals surface area contributed by atoms with E-state index in [0.29, 0.717) is 17.8 Å². The van der Waals surface area contributed by atoms with Gasteiger partial charge >= 0.3 is 5.69 Å². The van der Waals surface area contributed by atoms with E-state index >= 15 is 0 Å². The zero-order valence-electron chi connectivity index (χ0n) is 9.02. The van der Waals surface area contributed by atoms with Crippen LogP contribution >= 0.6 is 11.6 Å². The molecule has 6 nitrogen and oxygen atoms in total. The number of halogens is 1. The molecule has 0 aromatic carbocycles. The van der Waals surface area contributed by atoms with Crippen molar-refractivity contribution >= 4 is 23.1 Å². The van der Waals surface area contributed by atoms with Gasteiger partial charge in [-0.15, -0.1) is 0 Å². The Labute approximate surface area is 103 Å². The third-order valence-electron chi connectivity index (χ3n) is 2.90. The summed E-state index contributed by atoms with van der Waals surface area (Å²) in [5.41, 5.74) is -0.206. The molecule has 0 unspecified atom stereocenters. The summed E-state index contributed by atoms with van der Waals surface area (Å²) < 4.78 is 0. The summed E-state index contributed by atoms with van der Waals surface area (Å²) in [4.78, 5) is 18.7. The lowest BCUT2D eigenvalue weighted by molar-refractivity contribution is -0.384. The number of hydrogen-bond donors (Lipinski definition) is 1. The van der Waals surface area contributed by atoms with Gasteiger partial charge in [0, 0.05) is 12.0 Å². The molecule has 1 N–H and O–H groups in total. The van der Waals surface area contributed by atoms with E-state index in [4.69, 9.17) is 11.6 Å². The lowest BCUT2D eigenvalue weighted by Gasteiger charge is -2.07. The van der Waals surface area contributed by atoms with Crippen molar-refractivity contribution in [2.45, 2.75) is 37.6 Å². The molecule has 0 atom stereocenters. The minimum atomic E-state index is -0.524. The van der Waals surface area contributed by atoms with Gasteiger partial charge in [-0.05, 0) is 25.7 Å². The fourth-order valence-electron chi connectivity index (χ4n) is 1.65. The summed E-state index contributed by atoms with van der Waals surface area (Å²) in [5, 5.41) is 13.9. The van der Waals surface area contributed by atoms with E-state index in [0.717, 1.165) is 25.7 Å². The highest BCUT2D eigenvalue weighted by molar-refractivity contribution is 6.31. The van der Waals surface area contributed by atoms with E-state index in [1.165, 1.54) is 0 Å². The maximum Gasteiger partial charge on any atom is 0.348 e. The van der Waals surface area contributed by atoms with Gasteiger partial charge in [-0.2, -0.15) is 0 Å². The Bertz CT molecular complexity index is 485.